The average molecular weight is 278 g/mol. The molecule has 3 nitrogen and oxygen atoms in total. The Balaban J connectivity index is 0.00000112. The van der Waals surface area contributed by atoms with Crippen LogP contribution < -0.4 is 58.2 Å². The minimum Gasteiger partial charge on any atom is -0.309 e. The Morgan fingerprint density at radius 1 is 1.27 bits per heavy atom. The molecular weight excluding hydrogens is 260 g/mol. The molecule has 2 heterocycles. The topological polar surface area (TPSA) is 21.1 Å². The Bertz CT molecular complexity index is 294. The second kappa shape index (κ2) is 5.96. The van der Waals surface area contributed by atoms with E-state index in [9.17, 15) is 0 Å². The van der Waals surface area contributed by atoms with Gasteiger partial charge in [-0.1, -0.05) is 18.5 Å². The summed E-state index contributed by atoms with van der Waals surface area (Å²) < 4.78 is 1.96. The molecule has 0 amide bonds. The first-order valence-electron chi connectivity index (χ1n) is 5.21. The van der Waals surface area contributed by atoms with Gasteiger partial charge in [0.1, 0.15) is 0 Å². The van der Waals surface area contributed by atoms with Crippen molar-refractivity contribution >= 4 is 0 Å². The summed E-state index contributed by atoms with van der Waals surface area (Å²) in [4.78, 5) is 2.37. The van der Waals surface area contributed by atoms with E-state index >= 15 is 0 Å². The fourth-order valence-corrected chi connectivity index (χ4v) is 1.88. The van der Waals surface area contributed by atoms with Gasteiger partial charge in [-0.2, -0.15) is 12.0 Å². The van der Waals surface area contributed by atoms with Gasteiger partial charge in [0.2, 0.25) is 0 Å². The number of piperidine rings is 1. The van der Waals surface area contributed by atoms with E-state index in [0.717, 1.165) is 0 Å². The molecule has 4 heteroatoms. The van der Waals surface area contributed by atoms with E-state index < -0.39 is 0 Å². The van der Waals surface area contributed by atoms with Crippen molar-refractivity contribution in [1.82, 2.24) is 14.7 Å². The molecular formula is C11H18N3Rb. The van der Waals surface area contributed by atoms with Crippen molar-refractivity contribution in [2.24, 2.45) is 7.05 Å². The molecule has 1 aliphatic heterocycles. The van der Waals surface area contributed by atoms with Gasteiger partial charge in [-0.05, 0) is 32.8 Å². The summed E-state index contributed by atoms with van der Waals surface area (Å²) in [5.41, 5.74) is 2.45. The minimum absolute atomic E-state index is 0. The quantitative estimate of drug-likeness (QED) is 0.576. The number of hydrogen-bond donors (Lipinski definition) is 0. The zero-order valence-corrected chi connectivity index (χ0v) is 15.2. The summed E-state index contributed by atoms with van der Waals surface area (Å²) in [6.07, 6.45) is 2.35. The van der Waals surface area contributed by atoms with Crippen molar-refractivity contribution in [3.05, 3.63) is 23.4 Å². The van der Waals surface area contributed by atoms with Crippen LogP contribution in [-0.4, -0.2) is 34.8 Å². The standard InChI is InChI=1S/C11H18N3.Rb/c1-9-8-11(12-14(9)3)10-4-6-13(2)7-5-10;/h8H,4-7H2,1-3H3;/q-1;+1. The summed E-state index contributed by atoms with van der Waals surface area (Å²) in [5.74, 6) is 1.52. The Labute approximate surface area is 141 Å². The monoisotopic (exact) mass is 277 g/mol. The average Bonchev–Trinajstić information content (AvgIpc) is 2.48. The number of aromatic nitrogens is 2. The number of likely N-dealkylation sites (tertiary alicyclic amines) is 1. The summed E-state index contributed by atoms with van der Waals surface area (Å²) in [7, 11) is 4.19. The molecule has 0 aromatic carbocycles. The third kappa shape index (κ3) is 3.40. The van der Waals surface area contributed by atoms with E-state index in [4.69, 9.17) is 0 Å². The predicted molar refractivity (Wildman–Crippen MR) is 57.0 cm³/mol. The molecule has 0 saturated carbocycles. The van der Waals surface area contributed by atoms with E-state index in [0.29, 0.717) is 0 Å². The van der Waals surface area contributed by atoms with Crippen LogP contribution in [0.5, 0.6) is 0 Å². The molecule has 0 bridgehead atoms. The molecule has 15 heavy (non-hydrogen) atoms. The van der Waals surface area contributed by atoms with Crippen molar-refractivity contribution in [3.63, 3.8) is 0 Å². The second-order valence-corrected chi connectivity index (χ2v) is 4.20. The Kier molecular flexibility index (Phi) is 5.53. The van der Waals surface area contributed by atoms with Crippen LogP contribution in [-0.2, 0) is 7.05 Å². The van der Waals surface area contributed by atoms with Gasteiger partial charge in [0.05, 0.1) is 0 Å². The van der Waals surface area contributed by atoms with Gasteiger partial charge in [0, 0.05) is 7.05 Å². The van der Waals surface area contributed by atoms with Gasteiger partial charge in [-0.25, -0.2) is 5.10 Å². The first kappa shape index (κ1) is 13.9. The van der Waals surface area contributed by atoms with Crippen molar-refractivity contribution < 1.29 is 58.2 Å². The van der Waals surface area contributed by atoms with Gasteiger partial charge in [-0.15, -0.1) is 0 Å². The maximum absolute atomic E-state index is 4.52. The van der Waals surface area contributed by atoms with E-state index in [1.54, 1.807) is 0 Å². The normalized spacial score (nSPS) is 17.7. The molecule has 0 atom stereocenters. The molecule has 0 aliphatic carbocycles. The third-order valence-corrected chi connectivity index (χ3v) is 3.07. The maximum Gasteiger partial charge on any atom is 1.00 e. The summed E-state index contributed by atoms with van der Waals surface area (Å²) in [6.45, 7) is 4.45. The SMILES string of the molecule is Cc1cc([C-]2CCN(C)CC2)nn1C.[Rb+]. The summed E-state index contributed by atoms with van der Waals surface area (Å²) in [6, 6.07) is 2.20. The van der Waals surface area contributed by atoms with Gasteiger partial charge >= 0.3 is 58.2 Å². The molecule has 1 saturated heterocycles. The smallest absolute Gasteiger partial charge is 0.309 e. The Morgan fingerprint density at radius 3 is 2.33 bits per heavy atom. The molecule has 0 spiro atoms. The fraction of sp³-hybridized carbons (Fsp3) is 0.636. The van der Waals surface area contributed by atoms with Gasteiger partial charge in [0.15, 0.2) is 0 Å². The first-order chi connectivity index (χ1) is 6.66. The van der Waals surface area contributed by atoms with Gasteiger partial charge in [-0.3, -0.25) is 4.68 Å². The summed E-state index contributed by atoms with van der Waals surface area (Å²) in [5, 5.41) is 4.52. The van der Waals surface area contributed by atoms with Crippen LogP contribution in [0, 0.1) is 12.8 Å². The summed E-state index contributed by atoms with van der Waals surface area (Å²) >= 11 is 0. The van der Waals surface area contributed by atoms with Crippen LogP contribution in [0.25, 0.3) is 0 Å². The molecule has 0 unspecified atom stereocenters. The Morgan fingerprint density at radius 2 is 1.87 bits per heavy atom. The molecule has 78 valence electrons. The van der Waals surface area contributed by atoms with Crippen LogP contribution in [0.15, 0.2) is 6.07 Å². The predicted octanol–water partition coefficient (Wildman–Crippen LogP) is -1.62. The molecule has 1 aliphatic rings. The Hall–Kier alpha value is 0.845. The van der Waals surface area contributed by atoms with E-state index in [2.05, 4.69) is 30.0 Å². The number of rotatable bonds is 1. The molecule has 1 fully saturated rings. The zero-order valence-electron chi connectivity index (χ0n) is 10.2. The van der Waals surface area contributed by atoms with Crippen LogP contribution in [0.2, 0.25) is 0 Å². The fourth-order valence-electron chi connectivity index (χ4n) is 1.88. The number of aryl methyl sites for hydroxylation is 2. The molecule has 0 N–H and O–H groups in total. The largest absolute Gasteiger partial charge is 1.00 e. The first-order valence-corrected chi connectivity index (χ1v) is 5.21. The van der Waals surface area contributed by atoms with E-state index in [-0.39, 0.29) is 58.2 Å². The minimum atomic E-state index is 0. The van der Waals surface area contributed by atoms with Gasteiger partial charge in [0.25, 0.3) is 0 Å². The molecule has 1 aromatic heterocycles. The van der Waals surface area contributed by atoms with Crippen molar-refractivity contribution in [3.8, 4) is 0 Å². The second-order valence-electron chi connectivity index (χ2n) is 4.20. The number of nitrogens with zero attached hydrogens (tertiary/aromatic N) is 3. The molecule has 0 radical (unpaired) electrons. The number of hydrogen-bond acceptors (Lipinski definition) is 2. The van der Waals surface area contributed by atoms with E-state index in [1.807, 2.05) is 11.7 Å². The van der Waals surface area contributed by atoms with Crippen LogP contribution in [0.1, 0.15) is 24.2 Å². The van der Waals surface area contributed by atoms with Crippen LogP contribution in [0.3, 0.4) is 0 Å². The van der Waals surface area contributed by atoms with Crippen LogP contribution in [0.4, 0.5) is 0 Å². The third-order valence-electron chi connectivity index (χ3n) is 3.07. The van der Waals surface area contributed by atoms with Gasteiger partial charge < -0.3 is 4.90 Å². The maximum atomic E-state index is 4.52. The van der Waals surface area contributed by atoms with Crippen molar-refractivity contribution in [2.45, 2.75) is 19.8 Å². The van der Waals surface area contributed by atoms with Crippen LogP contribution >= 0.6 is 0 Å². The molecule has 1 aromatic rings. The van der Waals surface area contributed by atoms with Crippen molar-refractivity contribution in [2.75, 3.05) is 20.1 Å². The molecule has 2 rings (SSSR count). The van der Waals surface area contributed by atoms with E-state index in [1.165, 1.54) is 43.2 Å². The van der Waals surface area contributed by atoms with Crippen molar-refractivity contribution in [1.29, 1.82) is 0 Å². The zero-order chi connectivity index (χ0) is 10.1.